The van der Waals surface area contributed by atoms with Gasteiger partial charge in [0.25, 0.3) is 0 Å². The van der Waals surface area contributed by atoms with Crippen molar-refractivity contribution in [1.82, 2.24) is 14.8 Å². The normalized spacial score (nSPS) is 18.7. The number of benzene rings is 1. The van der Waals surface area contributed by atoms with Gasteiger partial charge in [-0.15, -0.1) is 0 Å². The van der Waals surface area contributed by atoms with Crippen LogP contribution in [0.25, 0.3) is 16.9 Å². The molecule has 156 valence electrons. The van der Waals surface area contributed by atoms with Gasteiger partial charge in [0.2, 0.25) is 0 Å². The molecule has 0 unspecified atom stereocenters. The molecule has 2 fully saturated rings. The van der Waals surface area contributed by atoms with E-state index >= 15 is 0 Å². The van der Waals surface area contributed by atoms with Crippen LogP contribution in [0.15, 0.2) is 48.7 Å². The molecule has 30 heavy (non-hydrogen) atoms. The minimum absolute atomic E-state index is 0.348. The highest BCUT2D eigenvalue weighted by Gasteiger charge is 2.41. The van der Waals surface area contributed by atoms with E-state index in [1.807, 2.05) is 48.1 Å². The molecule has 2 aromatic heterocycles. The van der Waals surface area contributed by atoms with Crippen LogP contribution in [0.2, 0.25) is 0 Å². The van der Waals surface area contributed by atoms with E-state index in [9.17, 15) is 0 Å². The van der Waals surface area contributed by atoms with Crippen molar-refractivity contribution in [2.45, 2.75) is 44.3 Å². The van der Waals surface area contributed by atoms with Crippen LogP contribution in [0.1, 0.15) is 43.0 Å². The molecule has 1 aromatic carbocycles. The standard InChI is InChI=1S/C24H27N3O3/c1-17-3-4-19(16-25-17)23-15-22(18-9-11-24(12-10-18)29-13-14-30-24)26-27(23)20-5-7-21(28-2)8-6-20/h3-8,15-16,18H,9-14H2,1-2H3. The molecule has 0 bridgehead atoms. The number of rotatable bonds is 4. The van der Waals surface area contributed by atoms with E-state index in [1.54, 1.807) is 7.11 Å². The van der Waals surface area contributed by atoms with Crippen molar-refractivity contribution in [3.8, 4) is 22.7 Å². The molecule has 2 aliphatic rings. The summed E-state index contributed by atoms with van der Waals surface area (Å²) in [6.07, 6.45) is 5.81. The first-order chi connectivity index (χ1) is 14.7. The summed E-state index contributed by atoms with van der Waals surface area (Å²) in [6, 6.07) is 14.4. The van der Waals surface area contributed by atoms with Gasteiger partial charge in [-0.25, -0.2) is 4.68 Å². The Morgan fingerprint density at radius 3 is 2.40 bits per heavy atom. The molecular weight excluding hydrogens is 378 g/mol. The predicted octanol–water partition coefficient (Wildman–Crippen LogP) is 4.65. The molecule has 5 rings (SSSR count). The molecule has 6 nitrogen and oxygen atoms in total. The number of ether oxygens (including phenoxy) is 3. The van der Waals surface area contributed by atoms with Gasteiger partial charge < -0.3 is 14.2 Å². The Labute approximate surface area is 176 Å². The van der Waals surface area contributed by atoms with Crippen LogP contribution in [0, 0.1) is 6.92 Å². The Kier molecular flexibility index (Phi) is 5.05. The summed E-state index contributed by atoms with van der Waals surface area (Å²) in [5.74, 6) is 0.887. The van der Waals surface area contributed by atoms with E-state index in [4.69, 9.17) is 19.3 Å². The van der Waals surface area contributed by atoms with E-state index in [1.165, 1.54) is 0 Å². The smallest absolute Gasteiger partial charge is 0.168 e. The van der Waals surface area contributed by atoms with Gasteiger partial charge in [0.15, 0.2) is 5.79 Å². The highest BCUT2D eigenvalue weighted by molar-refractivity contribution is 5.62. The highest BCUT2D eigenvalue weighted by Crippen LogP contribution is 2.42. The maximum Gasteiger partial charge on any atom is 0.168 e. The topological polar surface area (TPSA) is 58.4 Å². The summed E-state index contributed by atoms with van der Waals surface area (Å²) in [7, 11) is 1.68. The van der Waals surface area contributed by atoms with Gasteiger partial charge in [-0.05, 0) is 62.2 Å². The van der Waals surface area contributed by atoms with Crippen LogP contribution >= 0.6 is 0 Å². The van der Waals surface area contributed by atoms with E-state index in [2.05, 4.69) is 17.1 Å². The molecule has 3 aromatic rings. The van der Waals surface area contributed by atoms with Crippen molar-refractivity contribution in [1.29, 1.82) is 0 Å². The molecule has 0 amide bonds. The summed E-state index contributed by atoms with van der Waals surface area (Å²) in [4.78, 5) is 4.49. The lowest BCUT2D eigenvalue weighted by Gasteiger charge is -2.34. The van der Waals surface area contributed by atoms with Crippen molar-refractivity contribution in [2.24, 2.45) is 0 Å². The second-order valence-electron chi connectivity index (χ2n) is 8.13. The lowest BCUT2D eigenvalue weighted by molar-refractivity contribution is -0.178. The number of nitrogens with zero attached hydrogens (tertiary/aromatic N) is 3. The third-order valence-corrected chi connectivity index (χ3v) is 6.23. The fourth-order valence-corrected chi connectivity index (χ4v) is 4.48. The molecule has 0 atom stereocenters. The van der Waals surface area contributed by atoms with Crippen molar-refractivity contribution in [3.63, 3.8) is 0 Å². The SMILES string of the molecule is COc1ccc(-n2nc(C3CCC4(CC3)OCCO4)cc2-c2ccc(C)nc2)cc1. The van der Waals surface area contributed by atoms with Crippen molar-refractivity contribution in [2.75, 3.05) is 20.3 Å². The molecule has 1 spiro atoms. The van der Waals surface area contributed by atoms with E-state index < -0.39 is 0 Å². The second kappa shape index (κ2) is 7.85. The minimum Gasteiger partial charge on any atom is -0.497 e. The maximum atomic E-state index is 5.90. The number of aryl methyl sites for hydroxylation is 1. The van der Waals surface area contributed by atoms with Gasteiger partial charge in [-0.3, -0.25) is 4.98 Å². The first kappa shape index (κ1) is 19.3. The second-order valence-corrected chi connectivity index (χ2v) is 8.13. The predicted molar refractivity (Wildman–Crippen MR) is 114 cm³/mol. The molecular formula is C24H27N3O3. The van der Waals surface area contributed by atoms with Crippen LogP contribution < -0.4 is 4.74 Å². The summed E-state index contributed by atoms with van der Waals surface area (Å²) in [6.45, 7) is 3.42. The minimum atomic E-state index is -0.348. The zero-order chi connectivity index (χ0) is 20.6. The van der Waals surface area contributed by atoms with Crippen LogP contribution in [0.5, 0.6) is 5.75 Å². The number of hydrogen-bond donors (Lipinski definition) is 0. The molecule has 1 aliphatic carbocycles. The van der Waals surface area contributed by atoms with Crippen LogP contribution in [-0.2, 0) is 9.47 Å². The van der Waals surface area contributed by atoms with Gasteiger partial charge in [0, 0.05) is 36.2 Å². The maximum absolute atomic E-state index is 5.90. The fraction of sp³-hybridized carbons (Fsp3) is 0.417. The van der Waals surface area contributed by atoms with Crippen LogP contribution in [0.3, 0.4) is 0 Å². The summed E-state index contributed by atoms with van der Waals surface area (Å²) in [5.41, 5.74) is 5.24. The largest absolute Gasteiger partial charge is 0.497 e. The number of aromatic nitrogens is 3. The number of pyridine rings is 1. The third-order valence-electron chi connectivity index (χ3n) is 6.23. The van der Waals surface area contributed by atoms with E-state index in [0.717, 1.165) is 59.8 Å². The van der Waals surface area contributed by atoms with E-state index in [-0.39, 0.29) is 5.79 Å². The summed E-state index contributed by atoms with van der Waals surface area (Å²) < 4.78 is 19.1. The first-order valence-corrected chi connectivity index (χ1v) is 10.6. The summed E-state index contributed by atoms with van der Waals surface area (Å²) >= 11 is 0. The zero-order valence-corrected chi connectivity index (χ0v) is 17.5. The van der Waals surface area contributed by atoms with E-state index in [0.29, 0.717) is 19.1 Å². The first-order valence-electron chi connectivity index (χ1n) is 10.6. The third kappa shape index (κ3) is 3.61. The van der Waals surface area contributed by atoms with Crippen molar-refractivity contribution < 1.29 is 14.2 Å². The Balaban J connectivity index is 1.48. The number of methoxy groups -OCH3 is 1. The van der Waals surface area contributed by atoms with Crippen molar-refractivity contribution >= 4 is 0 Å². The molecule has 3 heterocycles. The average Bonchev–Trinajstić information content (AvgIpc) is 3.43. The van der Waals surface area contributed by atoms with Gasteiger partial charge in [0.1, 0.15) is 5.75 Å². The lowest BCUT2D eigenvalue weighted by Crippen LogP contribution is -2.34. The Morgan fingerprint density at radius 1 is 1.03 bits per heavy atom. The fourth-order valence-electron chi connectivity index (χ4n) is 4.48. The van der Waals surface area contributed by atoms with Gasteiger partial charge >= 0.3 is 0 Å². The van der Waals surface area contributed by atoms with Gasteiger partial charge in [0.05, 0.1) is 37.4 Å². The molecule has 6 heteroatoms. The molecule has 1 aliphatic heterocycles. The Bertz CT molecular complexity index is 995. The van der Waals surface area contributed by atoms with Gasteiger partial charge in [-0.1, -0.05) is 0 Å². The molecule has 1 saturated heterocycles. The van der Waals surface area contributed by atoms with Crippen LogP contribution in [0.4, 0.5) is 0 Å². The number of hydrogen-bond acceptors (Lipinski definition) is 5. The van der Waals surface area contributed by atoms with Gasteiger partial charge in [-0.2, -0.15) is 5.10 Å². The Morgan fingerprint density at radius 2 is 1.77 bits per heavy atom. The molecule has 0 radical (unpaired) electrons. The Hall–Kier alpha value is -2.70. The zero-order valence-electron chi connectivity index (χ0n) is 17.5. The highest BCUT2D eigenvalue weighted by atomic mass is 16.7. The molecule has 1 saturated carbocycles. The molecule has 0 N–H and O–H groups in total. The van der Waals surface area contributed by atoms with Crippen LogP contribution in [-0.4, -0.2) is 40.9 Å². The average molecular weight is 405 g/mol. The quantitative estimate of drug-likeness (QED) is 0.632. The lowest BCUT2D eigenvalue weighted by atomic mass is 9.83. The summed E-state index contributed by atoms with van der Waals surface area (Å²) in [5, 5.41) is 5.04. The monoisotopic (exact) mass is 405 g/mol. The van der Waals surface area contributed by atoms with Crippen molar-refractivity contribution in [3.05, 3.63) is 60.0 Å².